The highest BCUT2D eigenvalue weighted by atomic mass is 79.9. The van der Waals surface area contributed by atoms with E-state index in [2.05, 4.69) is 26.6 Å². The number of benzene rings is 2. The van der Waals surface area contributed by atoms with Crippen molar-refractivity contribution in [3.8, 4) is 5.75 Å². The molecule has 0 aliphatic rings. The van der Waals surface area contributed by atoms with Crippen LogP contribution in [0.4, 0.5) is 0 Å². The van der Waals surface area contributed by atoms with Gasteiger partial charge in [0, 0.05) is 17.6 Å². The highest BCUT2D eigenvalue weighted by Gasteiger charge is 2.11. The molecule has 0 heterocycles. The van der Waals surface area contributed by atoms with Gasteiger partial charge in [-0.25, -0.2) is 0 Å². The number of hydrogen-bond donors (Lipinski definition) is 2. The Hall–Kier alpha value is -1.85. The van der Waals surface area contributed by atoms with Gasteiger partial charge < -0.3 is 15.4 Å². The summed E-state index contributed by atoms with van der Waals surface area (Å²) in [7, 11) is 0. The highest BCUT2D eigenvalue weighted by molar-refractivity contribution is 9.10. The molecule has 2 aromatic rings. The van der Waals surface area contributed by atoms with Gasteiger partial charge in [-0.15, -0.1) is 0 Å². The third kappa shape index (κ3) is 5.69. The molecular formula is C18H21BrN2O2. The Morgan fingerprint density at radius 1 is 1.13 bits per heavy atom. The first-order valence-electron chi connectivity index (χ1n) is 7.66. The molecule has 2 N–H and O–H groups in total. The van der Waals surface area contributed by atoms with Crippen LogP contribution in [0.3, 0.4) is 0 Å². The number of hydrogen-bond acceptors (Lipinski definition) is 3. The van der Waals surface area contributed by atoms with Gasteiger partial charge >= 0.3 is 0 Å². The zero-order valence-electron chi connectivity index (χ0n) is 13.1. The second-order valence-electron chi connectivity index (χ2n) is 5.02. The first-order chi connectivity index (χ1) is 11.2. The average molecular weight is 377 g/mol. The lowest BCUT2D eigenvalue weighted by Gasteiger charge is -2.12. The van der Waals surface area contributed by atoms with Gasteiger partial charge in [0.2, 0.25) is 0 Å². The highest BCUT2D eigenvalue weighted by Crippen LogP contribution is 2.20. The number of halogens is 1. The average Bonchev–Trinajstić information content (AvgIpc) is 2.57. The molecule has 0 aromatic heterocycles. The Morgan fingerprint density at radius 2 is 1.96 bits per heavy atom. The van der Waals surface area contributed by atoms with Crippen LogP contribution in [0, 0.1) is 0 Å². The third-order valence-electron chi connectivity index (χ3n) is 3.25. The monoisotopic (exact) mass is 376 g/mol. The van der Waals surface area contributed by atoms with Crippen LogP contribution in [-0.2, 0) is 6.61 Å². The molecule has 2 aromatic carbocycles. The van der Waals surface area contributed by atoms with Gasteiger partial charge in [0.15, 0.2) is 0 Å². The van der Waals surface area contributed by atoms with Crippen molar-refractivity contribution in [2.24, 2.45) is 0 Å². The fraction of sp³-hybridized carbons (Fsp3) is 0.278. The van der Waals surface area contributed by atoms with Crippen LogP contribution < -0.4 is 15.4 Å². The predicted molar refractivity (Wildman–Crippen MR) is 95.8 cm³/mol. The van der Waals surface area contributed by atoms with Crippen LogP contribution in [0.5, 0.6) is 5.75 Å². The number of nitrogens with one attached hydrogen (secondary N) is 2. The minimum atomic E-state index is -0.118. The quantitative estimate of drug-likeness (QED) is 0.694. The van der Waals surface area contributed by atoms with Gasteiger partial charge in [0.1, 0.15) is 12.4 Å². The Bertz CT molecular complexity index is 646. The second kappa shape index (κ2) is 9.33. The third-order valence-corrected chi connectivity index (χ3v) is 3.75. The molecule has 0 atom stereocenters. The lowest BCUT2D eigenvalue weighted by atomic mass is 10.2. The van der Waals surface area contributed by atoms with E-state index in [1.807, 2.05) is 49.4 Å². The van der Waals surface area contributed by atoms with Crippen molar-refractivity contribution in [2.45, 2.75) is 13.5 Å². The van der Waals surface area contributed by atoms with E-state index in [4.69, 9.17) is 4.74 Å². The van der Waals surface area contributed by atoms with Crippen LogP contribution in [0.15, 0.2) is 53.0 Å². The summed E-state index contributed by atoms with van der Waals surface area (Å²) in [5.41, 5.74) is 1.60. The second-order valence-corrected chi connectivity index (χ2v) is 5.94. The summed E-state index contributed by atoms with van der Waals surface area (Å²) in [6.45, 7) is 4.69. The molecule has 0 aliphatic carbocycles. The molecule has 1 amide bonds. The smallest absolute Gasteiger partial charge is 0.255 e. The lowest BCUT2D eigenvalue weighted by Crippen LogP contribution is -2.31. The SMILES string of the molecule is CCNCCNC(=O)c1ccccc1OCc1cccc(Br)c1. The number of para-hydroxylation sites is 1. The van der Waals surface area contributed by atoms with Crippen LogP contribution in [-0.4, -0.2) is 25.5 Å². The molecular weight excluding hydrogens is 356 g/mol. The standard InChI is InChI=1S/C18H21BrN2O2/c1-2-20-10-11-21-18(22)16-8-3-4-9-17(16)23-13-14-6-5-7-15(19)12-14/h3-9,12,20H,2,10-11,13H2,1H3,(H,21,22). The number of rotatable bonds is 8. The summed E-state index contributed by atoms with van der Waals surface area (Å²) in [5.74, 6) is 0.473. The van der Waals surface area contributed by atoms with E-state index in [1.54, 1.807) is 6.07 Å². The molecule has 0 radical (unpaired) electrons. The molecule has 0 bridgehead atoms. The summed E-state index contributed by atoms with van der Waals surface area (Å²) in [6, 6.07) is 15.2. The van der Waals surface area contributed by atoms with Crippen LogP contribution in [0.25, 0.3) is 0 Å². The Labute approximate surface area is 145 Å². The van der Waals surface area contributed by atoms with Crippen molar-refractivity contribution < 1.29 is 9.53 Å². The van der Waals surface area contributed by atoms with Gasteiger partial charge in [0.25, 0.3) is 5.91 Å². The molecule has 0 unspecified atom stereocenters. The first kappa shape index (κ1) is 17.5. The normalized spacial score (nSPS) is 10.3. The van der Waals surface area contributed by atoms with Crippen LogP contribution >= 0.6 is 15.9 Å². The minimum absolute atomic E-state index is 0.118. The van der Waals surface area contributed by atoms with Crippen molar-refractivity contribution in [1.82, 2.24) is 10.6 Å². The maximum atomic E-state index is 12.3. The first-order valence-corrected chi connectivity index (χ1v) is 8.45. The summed E-state index contributed by atoms with van der Waals surface area (Å²) in [6.07, 6.45) is 0. The van der Waals surface area contributed by atoms with Gasteiger partial charge in [-0.2, -0.15) is 0 Å². The minimum Gasteiger partial charge on any atom is -0.488 e. The number of carbonyl (C=O) groups is 1. The molecule has 5 heteroatoms. The summed E-state index contributed by atoms with van der Waals surface area (Å²) in [4.78, 5) is 12.3. The van der Waals surface area contributed by atoms with Gasteiger partial charge in [0.05, 0.1) is 5.56 Å². The largest absolute Gasteiger partial charge is 0.488 e. The van der Waals surface area contributed by atoms with Gasteiger partial charge in [-0.05, 0) is 36.4 Å². The molecule has 0 aliphatic heterocycles. The molecule has 4 nitrogen and oxygen atoms in total. The van der Waals surface area contributed by atoms with Crippen LogP contribution in [0.2, 0.25) is 0 Å². The Morgan fingerprint density at radius 3 is 2.74 bits per heavy atom. The lowest BCUT2D eigenvalue weighted by molar-refractivity contribution is 0.0949. The number of ether oxygens (including phenoxy) is 1. The predicted octanol–water partition coefficient (Wildman–Crippen LogP) is 3.37. The van der Waals surface area contributed by atoms with Crippen molar-refractivity contribution in [2.75, 3.05) is 19.6 Å². The number of carbonyl (C=O) groups excluding carboxylic acids is 1. The van der Waals surface area contributed by atoms with Gasteiger partial charge in [-0.1, -0.05) is 47.1 Å². The Balaban J connectivity index is 1.98. The molecule has 0 fully saturated rings. The molecule has 23 heavy (non-hydrogen) atoms. The van der Waals surface area contributed by atoms with E-state index in [-0.39, 0.29) is 5.91 Å². The zero-order valence-corrected chi connectivity index (χ0v) is 14.7. The van der Waals surface area contributed by atoms with Crippen molar-refractivity contribution in [3.63, 3.8) is 0 Å². The van der Waals surface area contributed by atoms with E-state index < -0.39 is 0 Å². The topological polar surface area (TPSA) is 50.4 Å². The molecule has 0 spiro atoms. The van der Waals surface area contributed by atoms with E-state index in [0.717, 1.165) is 23.1 Å². The van der Waals surface area contributed by atoms with E-state index in [0.29, 0.717) is 24.5 Å². The van der Waals surface area contributed by atoms with Gasteiger partial charge in [-0.3, -0.25) is 4.79 Å². The van der Waals surface area contributed by atoms with Crippen molar-refractivity contribution >= 4 is 21.8 Å². The van der Waals surface area contributed by atoms with E-state index >= 15 is 0 Å². The summed E-state index contributed by atoms with van der Waals surface area (Å²) < 4.78 is 6.84. The molecule has 0 saturated carbocycles. The molecule has 0 saturated heterocycles. The molecule has 122 valence electrons. The Kier molecular flexibility index (Phi) is 7.10. The summed E-state index contributed by atoms with van der Waals surface area (Å²) in [5, 5.41) is 6.06. The zero-order chi connectivity index (χ0) is 16.5. The number of amides is 1. The fourth-order valence-electron chi connectivity index (χ4n) is 2.10. The maximum Gasteiger partial charge on any atom is 0.255 e. The fourth-order valence-corrected chi connectivity index (χ4v) is 2.55. The van der Waals surface area contributed by atoms with Crippen molar-refractivity contribution in [1.29, 1.82) is 0 Å². The summed E-state index contributed by atoms with van der Waals surface area (Å²) >= 11 is 3.44. The van der Waals surface area contributed by atoms with Crippen LogP contribution in [0.1, 0.15) is 22.8 Å². The van der Waals surface area contributed by atoms with Crippen molar-refractivity contribution in [3.05, 3.63) is 64.1 Å². The van der Waals surface area contributed by atoms with E-state index in [1.165, 1.54) is 0 Å². The van der Waals surface area contributed by atoms with E-state index in [9.17, 15) is 4.79 Å². The molecule has 2 rings (SSSR count). The maximum absolute atomic E-state index is 12.3. The number of likely N-dealkylation sites (N-methyl/N-ethyl adjacent to an activating group) is 1.